The molecule has 1 saturated carbocycles. The van der Waals surface area contributed by atoms with Gasteiger partial charge in [0, 0.05) is 52.3 Å². The largest absolute Gasteiger partial charge is 0.499 e. The maximum Gasteiger partial charge on any atom is 0.139 e. The number of nitrogens with zero attached hydrogens (tertiary/aromatic N) is 3. The van der Waals surface area contributed by atoms with E-state index in [1.165, 1.54) is 11.3 Å². The van der Waals surface area contributed by atoms with Gasteiger partial charge in [-0.3, -0.25) is 4.98 Å². The van der Waals surface area contributed by atoms with E-state index in [1.807, 2.05) is 73.8 Å². The minimum Gasteiger partial charge on any atom is -0.499 e. The summed E-state index contributed by atoms with van der Waals surface area (Å²) in [6, 6.07) is 36.6. The summed E-state index contributed by atoms with van der Waals surface area (Å²) < 4.78 is 55.2. The average molecular weight is 870 g/mol. The van der Waals surface area contributed by atoms with Gasteiger partial charge in [0.2, 0.25) is 0 Å². The van der Waals surface area contributed by atoms with E-state index < -0.39 is 27.2 Å². The summed E-state index contributed by atoms with van der Waals surface area (Å²) in [6.45, 7) is 6.61. The van der Waals surface area contributed by atoms with Crippen LogP contribution in [0.4, 0.5) is 0 Å². The summed E-state index contributed by atoms with van der Waals surface area (Å²) in [6.07, 6.45) is 6.18. The van der Waals surface area contributed by atoms with Crippen LogP contribution in [0.15, 0.2) is 114 Å². The van der Waals surface area contributed by atoms with Crippen molar-refractivity contribution in [2.45, 2.75) is 71.4 Å². The first-order valence-corrected chi connectivity index (χ1v) is 20.8. The molecular formula is C45H45IrN3OSi-2. The van der Waals surface area contributed by atoms with Gasteiger partial charge in [-0.05, 0) is 70.4 Å². The zero-order valence-electron chi connectivity index (χ0n) is 35.4. The third-order valence-electron chi connectivity index (χ3n) is 9.32. The molecule has 6 heteroatoms. The molecule has 1 radical (unpaired) electrons. The molecule has 1 fully saturated rings. The van der Waals surface area contributed by atoms with Crippen molar-refractivity contribution in [2.24, 2.45) is 5.92 Å². The number of pyridine rings is 3. The molecule has 261 valence electrons. The van der Waals surface area contributed by atoms with Crippen LogP contribution in [0.2, 0.25) is 19.6 Å². The number of hydrogen-bond donors (Lipinski definition) is 0. The fraction of sp³-hybridized carbons (Fsp3) is 0.267. The van der Waals surface area contributed by atoms with Crippen molar-refractivity contribution < 1.29 is 32.7 Å². The minimum atomic E-state index is -2.30. The molecule has 1 unspecified atom stereocenters. The SMILES string of the molecule is [2H]C(C)(c1ccccc1)c1cc(-c2[c-]cccc2)ncc1[Si](C)(C)C.[2H]C([2H])([2H])c1ccc2oc3c[c-]c(-c4cc(C([2H])([2H])C5CCCC5)ccn4)cc3c2n1.[Ir]. The molecule has 4 aromatic heterocycles. The summed E-state index contributed by atoms with van der Waals surface area (Å²) in [7, 11) is -1.64. The van der Waals surface area contributed by atoms with E-state index in [0.717, 1.165) is 48.1 Å². The predicted molar refractivity (Wildman–Crippen MR) is 209 cm³/mol. The van der Waals surface area contributed by atoms with E-state index in [4.69, 9.17) is 16.3 Å². The summed E-state index contributed by atoms with van der Waals surface area (Å²) in [5.41, 5.74) is 7.39. The fourth-order valence-corrected chi connectivity index (χ4v) is 8.14. The molecule has 51 heavy (non-hydrogen) atoms. The summed E-state index contributed by atoms with van der Waals surface area (Å²) in [4.78, 5) is 13.5. The van der Waals surface area contributed by atoms with E-state index in [1.54, 1.807) is 30.5 Å². The molecular weight excluding hydrogens is 819 g/mol. The van der Waals surface area contributed by atoms with Gasteiger partial charge in [-0.2, -0.15) is 0 Å². The van der Waals surface area contributed by atoms with Gasteiger partial charge in [0.05, 0.1) is 19.2 Å². The zero-order valence-corrected chi connectivity index (χ0v) is 32.8. The molecule has 1 aliphatic rings. The summed E-state index contributed by atoms with van der Waals surface area (Å²) in [5.74, 6) is -0.793. The van der Waals surface area contributed by atoms with Gasteiger partial charge in [-0.1, -0.05) is 100 Å². The van der Waals surface area contributed by atoms with Crippen molar-refractivity contribution in [1.82, 2.24) is 15.0 Å². The Morgan fingerprint density at radius 1 is 0.902 bits per heavy atom. The molecule has 8 rings (SSSR count). The first kappa shape index (κ1) is 29.4. The van der Waals surface area contributed by atoms with Crippen molar-refractivity contribution >= 4 is 35.3 Å². The number of fused-ring (bicyclic) bond motifs is 3. The molecule has 0 spiro atoms. The number of furan rings is 1. The van der Waals surface area contributed by atoms with Gasteiger partial charge in [0.25, 0.3) is 0 Å². The van der Waals surface area contributed by atoms with Gasteiger partial charge >= 0.3 is 0 Å². The fourth-order valence-electron chi connectivity index (χ4n) is 6.62. The molecule has 1 aliphatic carbocycles. The second kappa shape index (κ2) is 16.0. The molecule has 0 aliphatic heterocycles. The number of aromatic nitrogens is 3. The van der Waals surface area contributed by atoms with E-state index in [0.29, 0.717) is 38.9 Å². The number of benzene rings is 3. The maximum absolute atomic E-state index is 9.17. The monoisotopic (exact) mass is 870 g/mol. The molecule has 0 N–H and O–H groups in total. The van der Waals surface area contributed by atoms with Crippen LogP contribution in [-0.2, 0) is 26.5 Å². The molecule has 0 bridgehead atoms. The second-order valence-electron chi connectivity index (χ2n) is 14.0. The number of rotatable bonds is 7. The minimum absolute atomic E-state index is 0. The van der Waals surface area contributed by atoms with Crippen LogP contribution in [0.25, 0.3) is 44.6 Å². The van der Waals surface area contributed by atoms with Crippen LogP contribution in [0.1, 0.15) is 69.1 Å². The first-order valence-electron chi connectivity index (χ1n) is 20.3. The zero-order chi connectivity index (χ0) is 39.9. The molecule has 0 saturated heterocycles. The Hall–Kier alpha value is -4.22. The maximum atomic E-state index is 9.17. The Labute approximate surface area is 325 Å². The van der Waals surface area contributed by atoms with Crippen LogP contribution in [0.5, 0.6) is 0 Å². The molecule has 4 heterocycles. The molecule has 0 amide bonds. The van der Waals surface area contributed by atoms with Gasteiger partial charge in [0.15, 0.2) is 0 Å². The summed E-state index contributed by atoms with van der Waals surface area (Å²) >= 11 is 0. The first-order chi connectivity index (χ1) is 26.5. The van der Waals surface area contributed by atoms with Gasteiger partial charge in [-0.15, -0.1) is 59.7 Å². The Morgan fingerprint density at radius 3 is 2.43 bits per heavy atom. The molecule has 3 aromatic carbocycles. The van der Waals surface area contributed by atoms with E-state index >= 15 is 0 Å². The van der Waals surface area contributed by atoms with Crippen LogP contribution in [0, 0.1) is 24.9 Å². The van der Waals surface area contributed by atoms with Crippen LogP contribution < -0.4 is 5.19 Å². The quantitative estimate of drug-likeness (QED) is 0.118. The van der Waals surface area contributed by atoms with Crippen molar-refractivity contribution in [1.29, 1.82) is 0 Å². The van der Waals surface area contributed by atoms with E-state index in [2.05, 4.69) is 47.8 Å². The van der Waals surface area contributed by atoms with Gasteiger partial charge in [-0.25, -0.2) is 0 Å². The number of hydrogen-bond acceptors (Lipinski definition) is 4. The predicted octanol–water partition coefficient (Wildman–Crippen LogP) is 11.1. The van der Waals surface area contributed by atoms with Crippen molar-refractivity contribution in [3.8, 4) is 22.5 Å². The Morgan fingerprint density at radius 2 is 1.69 bits per heavy atom. The topological polar surface area (TPSA) is 51.8 Å². The Kier molecular flexibility index (Phi) is 9.20. The smallest absolute Gasteiger partial charge is 0.139 e. The van der Waals surface area contributed by atoms with Crippen molar-refractivity contribution in [3.63, 3.8) is 0 Å². The van der Waals surface area contributed by atoms with Crippen molar-refractivity contribution in [3.05, 3.63) is 144 Å². The Balaban J connectivity index is 0.000000194. The van der Waals surface area contributed by atoms with Crippen LogP contribution in [0.3, 0.4) is 0 Å². The third kappa shape index (κ3) is 8.47. The van der Waals surface area contributed by atoms with E-state index in [-0.39, 0.29) is 31.7 Å². The van der Waals surface area contributed by atoms with Crippen LogP contribution >= 0.6 is 0 Å². The second-order valence-corrected chi connectivity index (χ2v) is 19.0. The number of aryl methyl sites for hydroxylation is 1. The molecule has 1 atom stereocenters. The molecule has 7 aromatic rings. The molecule has 4 nitrogen and oxygen atoms in total. The van der Waals surface area contributed by atoms with Gasteiger partial charge < -0.3 is 14.4 Å². The standard InChI is InChI=1S/C23H21N2O.C22H24NSi.Ir/c1-15-6-8-22-23(25-15)19-14-18(7-9-21(19)26-22)20-13-17(10-11-24-20)12-16-4-2-3-5-16;1-17(18-11-7-5-8-12-18)20-15-21(19-13-9-6-10-14-19)23-16-22(20)24(2,3)4;/h6,8-11,13-14,16H,2-5,12H2,1H3;5-13,15-17H,1-4H3;/q2*-1;/i1D3,12D2;17D;. The third-order valence-corrected chi connectivity index (χ3v) is 11.3. The van der Waals surface area contributed by atoms with Gasteiger partial charge in [0.1, 0.15) is 5.58 Å². The van der Waals surface area contributed by atoms with E-state index in [9.17, 15) is 1.37 Å². The van der Waals surface area contributed by atoms with Crippen LogP contribution in [-0.4, -0.2) is 23.0 Å². The van der Waals surface area contributed by atoms with Crippen molar-refractivity contribution in [2.75, 3.05) is 0 Å². The summed E-state index contributed by atoms with van der Waals surface area (Å²) in [5, 5.41) is 1.93. The Bertz CT molecular complexity index is 2480. The normalized spacial score (nSPS) is 16.7. The average Bonchev–Trinajstić information content (AvgIpc) is 3.87.